The molecule has 0 amide bonds. The van der Waals surface area contributed by atoms with E-state index in [0.29, 0.717) is 3.57 Å². The molecule has 3 rings (SSSR count). The van der Waals surface area contributed by atoms with Crippen LogP contribution < -0.4 is 5.56 Å². The third-order valence-electron chi connectivity index (χ3n) is 2.47. The maximum Gasteiger partial charge on any atom is 0.272 e. The van der Waals surface area contributed by atoms with Gasteiger partial charge in [0, 0.05) is 0 Å². The first kappa shape index (κ1) is 10.2. The molecule has 0 aliphatic rings. The number of fused-ring (bicyclic) bond motifs is 3. The summed E-state index contributed by atoms with van der Waals surface area (Å²) < 4.78 is 3.47. The van der Waals surface area contributed by atoms with E-state index in [2.05, 4.69) is 27.6 Å². The minimum Gasteiger partial charge on any atom is -0.268 e. The van der Waals surface area contributed by atoms with Crippen LogP contribution in [0, 0.1) is 10.5 Å². The second kappa shape index (κ2) is 3.53. The molecule has 0 saturated heterocycles. The molecule has 2 heterocycles. The number of thiazole rings is 1. The van der Waals surface area contributed by atoms with Crippen LogP contribution in [0.4, 0.5) is 0 Å². The van der Waals surface area contributed by atoms with Crippen molar-refractivity contribution < 1.29 is 0 Å². The first-order valence-electron chi connectivity index (χ1n) is 4.75. The number of halogens is 1. The predicted octanol–water partition coefficient (Wildman–Crippen LogP) is 2.82. The van der Waals surface area contributed by atoms with Crippen molar-refractivity contribution in [3.05, 3.63) is 43.9 Å². The molecule has 5 heteroatoms. The SMILES string of the molecule is Cc1nc2sc3ccccc3n2c(=O)c1I. The maximum absolute atomic E-state index is 12.1. The molecule has 0 bridgehead atoms. The summed E-state index contributed by atoms with van der Waals surface area (Å²) in [6.45, 7) is 1.87. The Kier molecular flexibility index (Phi) is 2.25. The number of hydrogen-bond acceptors (Lipinski definition) is 3. The summed E-state index contributed by atoms with van der Waals surface area (Å²) in [6.07, 6.45) is 0. The van der Waals surface area contributed by atoms with Crippen LogP contribution in [-0.2, 0) is 0 Å². The van der Waals surface area contributed by atoms with Crippen LogP contribution in [0.1, 0.15) is 5.69 Å². The van der Waals surface area contributed by atoms with Crippen LogP contribution in [0.5, 0.6) is 0 Å². The summed E-state index contributed by atoms with van der Waals surface area (Å²) in [5.74, 6) is 0. The average Bonchev–Trinajstić information content (AvgIpc) is 2.64. The van der Waals surface area contributed by atoms with Gasteiger partial charge in [0.1, 0.15) is 3.57 Å². The molecular formula is C11H7IN2OS. The van der Waals surface area contributed by atoms with E-state index in [4.69, 9.17) is 0 Å². The number of nitrogens with zero attached hydrogens (tertiary/aromatic N) is 2. The predicted molar refractivity (Wildman–Crippen MR) is 74.3 cm³/mol. The van der Waals surface area contributed by atoms with Crippen LogP contribution in [0.15, 0.2) is 29.1 Å². The first-order valence-corrected chi connectivity index (χ1v) is 6.64. The van der Waals surface area contributed by atoms with Crippen LogP contribution in [-0.4, -0.2) is 9.38 Å². The Labute approximate surface area is 109 Å². The van der Waals surface area contributed by atoms with Crippen molar-refractivity contribution in [1.82, 2.24) is 9.38 Å². The lowest BCUT2D eigenvalue weighted by Gasteiger charge is -1.98. The Bertz CT molecular complexity index is 760. The number of hydrogen-bond donors (Lipinski definition) is 0. The normalized spacial score (nSPS) is 11.4. The number of para-hydroxylation sites is 1. The molecule has 16 heavy (non-hydrogen) atoms. The van der Waals surface area contributed by atoms with Gasteiger partial charge in [-0.25, -0.2) is 4.98 Å². The lowest BCUT2D eigenvalue weighted by molar-refractivity contribution is 1.05. The van der Waals surface area contributed by atoms with Gasteiger partial charge in [0.25, 0.3) is 5.56 Å². The van der Waals surface area contributed by atoms with Crippen molar-refractivity contribution in [2.24, 2.45) is 0 Å². The minimum atomic E-state index is 0.0283. The van der Waals surface area contributed by atoms with E-state index in [1.165, 1.54) is 0 Å². The highest BCUT2D eigenvalue weighted by Gasteiger charge is 2.11. The molecular weight excluding hydrogens is 335 g/mol. The second-order valence-electron chi connectivity index (χ2n) is 3.50. The van der Waals surface area contributed by atoms with E-state index in [9.17, 15) is 4.79 Å². The topological polar surface area (TPSA) is 34.4 Å². The summed E-state index contributed by atoms with van der Waals surface area (Å²) in [6, 6.07) is 7.87. The summed E-state index contributed by atoms with van der Waals surface area (Å²) in [5.41, 5.74) is 1.77. The molecule has 3 nitrogen and oxygen atoms in total. The van der Waals surface area contributed by atoms with Gasteiger partial charge in [-0.3, -0.25) is 9.20 Å². The maximum atomic E-state index is 12.1. The molecule has 3 aromatic rings. The molecule has 80 valence electrons. The van der Waals surface area contributed by atoms with Gasteiger partial charge >= 0.3 is 0 Å². The monoisotopic (exact) mass is 342 g/mol. The third kappa shape index (κ3) is 1.31. The summed E-state index contributed by atoms with van der Waals surface area (Å²) in [5, 5.41) is 0. The van der Waals surface area contributed by atoms with E-state index >= 15 is 0 Å². The molecule has 0 aliphatic heterocycles. The molecule has 2 aromatic heterocycles. The lowest BCUT2D eigenvalue weighted by Crippen LogP contribution is -2.17. The zero-order valence-corrected chi connectivity index (χ0v) is 11.4. The van der Waals surface area contributed by atoms with Crippen molar-refractivity contribution in [2.45, 2.75) is 6.92 Å². The molecule has 0 radical (unpaired) electrons. The van der Waals surface area contributed by atoms with E-state index in [1.54, 1.807) is 15.7 Å². The van der Waals surface area contributed by atoms with Gasteiger partial charge in [-0.2, -0.15) is 0 Å². The van der Waals surface area contributed by atoms with Crippen molar-refractivity contribution >= 4 is 49.1 Å². The quantitative estimate of drug-likeness (QED) is 0.589. The lowest BCUT2D eigenvalue weighted by atomic mass is 10.3. The van der Waals surface area contributed by atoms with Crippen molar-refractivity contribution in [3.8, 4) is 0 Å². The highest BCUT2D eigenvalue weighted by molar-refractivity contribution is 14.1. The molecule has 0 spiro atoms. The van der Waals surface area contributed by atoms with Gasteiger partial charge < -0.3 is 0 Å². The number of benzene rings is 1. The standard InChI is InChI=1S/C11H7IN2OS/c1-6-9(12)10(15)14-7-4-2-3-5-8(7)16-11(14)13-6/h2-5H,1H3. The zero-order chi connectivity index (χ0) is 11.3. The molecule has 1 aromatic carbocycles. The van der Waals surface area contributed by atoms with Crippen molar-refractivity contribution in [3.63, 3.8) is 0 Å². The molecule has 0 atom stereocenters. The van der Waals surface area contributed by atoms with Gasteiger partial charge in [-0.05, 0) is 41.6 Å². The van der Waals surface area contributed by atoms with Crippen LogP contribution >= 0.6 is 33.9 Å². The van der Waals surface area contributed by atoms with E-state index in [-0.39, 0.29) is 5.56 Å². The van der Waals surface area contributed by atoms with E-state index in [1.807, 2.05) is 31.2 Å². The van der Waals surface area contributed by atoms with Gasteiger partial charge in [-0.1, -0.05) is 23.5 Å². The third-order valence-corrected chi connectivity index (χ3v) is 4.73. The Hall–Kier alpha value is -0.950. The zero-order valence-electron chi connectivity index (χ0n) is 8.40. The van der Waals surface area contributed by atoms with Gasteiger partial charge in [0.2, 0.25) is 0 Å². The molecule has 0 saturated carbocycles. The Balaban J connectivity index is 2.68. The average molecular weight is 342 g/mol. The fourth-order valence-corrected chi connectivity index (χ4v) is 3.11. The Morgan fingerprint density at radius 1 is 1.38 bits per heavy atom. The minimum absolute atomic E-state index is 0.0283. The van der Waals surface area contributed by atoms with Gasteiger partial charge in [0.05, 0.1) is 15.9 Å². The Morgan fingerprint density at radius 3 is 2.94 bits per heavy atom. The summed E-state index contributed by atoms with van der Waals surface area (Å²) in [4.78, 5) is 17.4. The number of aryl methyl sites for hydroxylation is 1. The number of rotatable bonds is 0. The highest BCUT2D eigenvalue weighted by Crippen LogP contribution is 2.24. The molecule has 0 N–H and O–H groups in total. The highest BCUT2D eigenvalue weighted by atomic mass is 127. The number of aromatic nitrogens is 2. The van der Waals surface area contributed by atoms with Crippen LogP contribution in [0.25, 0.3) is 15.2 Å². The van der Waals surface area contributed by atoms with E-state index < -0.39 is 0 Å². The summed E-state index contributed by atoms with van der Waals surface area (Å²) in [7, 11) is 0. The van der Waals surface area contributed by atoms with Gasteiger partial charge in [-0.15, -0.1) is 0 Å². The smallest absolute Gasteiger partial charge is 0.268 e. The molecule has 0 aliphatic carbocycles. The van der Waals surface area contributed by atoms with Crippen molar-refractivity contribution in [1.29, 1.82) is 0 Å². The fourth-order valence-electron chi connectivity index (χ4n) is 1.69. The van der Waals surface area contributed by atoms with Crippen LogP contribution in [0.3, 0.4) is 0 Å². The van der Waals surface area contributed by atoms with Crippen LogP contribution in [0.2, 0.25) is 0 Å². The van der Waals surface area contributed by atoms with Crippen molar-refractivity contribution in [2.75, 3.05) is 0 Å². The first-order chi connectivity index (χ1) is 7.68. The fraction of sp³-hybridized carbons (Fsp3) is 0.0909. The largest absolute Gasteiger partial charge is 0.272 e. The van der Waals surface area contributed by atoms with E-state index in [0.717, 1.165) is 20.9 Å². The Morgan fingerprint density at radius 2 is 2.12 bits per heavy atom. The second-order valence-corrected chi connectivity index (χ2v) is 5.59. The van der Waals surface area contributed by atoms with Gasteiger partial charge in [0.15, 0.2) is 4.96 Å². The summed E-state index contributed by atoms with van der Waals surface area (Å²) >= 11 is 3.60. The molecule has 0 fully saturated rings. The molecule has 0 unspecified atom stereocenters.